The van der Waals surface area contributed by atoms with Crippen LogP contribution in [0.5, 0.6) is 0 Å². The van der Waals surface area contributed by atoms with Crippen LogP contribution in [-0.4, -0.2) is 17.4 Å². The zero-order valence-electron chi connectivity index (χ0n) is 16.4. The predicted molar refractivity (Wildman–Crippen MR) is 115 cm³/mol. The van der Waals surface area contributed by atoms with Crippen molar-refractivity contribution in [1.29, 1.82) is 0 Å². The average molecular weight is 370 g/mol. The molecule has 3 aromatic rings. The Hall–Kier alpha value is -3.07. The molecule has 0 aliphatic carbocycles. The molecule has 28 heavy (non-hydrogen) atoms. The normalized spacial score (nSPS) is 16.0. The van der Waals surface area contributed by atoms with Gasteiger partial charge in [-0.15, -0.1) is 0 Å². The Morgan fingerprint density at radius 1 is 0.893 bits per heavy atom. The molecule has 3 nitrogen and oxygen atoms in total. The van der Waals surface area contributed by atoms with E-state index in [1.807, 2.05) is 47.4 Å². The Morgan fingerprint density at radius 3 is 2.29 bits per heavy atom. The first-order valence-corrected chi connectivity index (χ1v) is 9.94. The van der Waals surface area contributed by atoms with Crippen molar-refractivity contribution in [1.82, 2.24) is 4.90 Å². The van der Waals surface area contributed by atoms with Crippen molar-refractivity contribution in [2.75, 3.05) is 11.9 Å². The van der Waals surface area contributed by atoms with Gasteiger partial charge in [0.2, 0.25) is 0 Å². The van der Waals surface area contributed by atoms with Gasteiger partial charge in [-0.25, -0.2) is 0 Å². The number of amides is 1. The number of hydrogen-bond donors (Lipinski definition) is 1. The van der Waals surface area contributed by atoms with Crippen LogP contribution in [-0.2, 0) is 6.42 Å². The monoisotopic (exact) mass is 370 g/mol. The lowest BCUT2D eigenvalue weighted by molar-refractivity contribution is 0.0685. The maximum absolute atomic E-state index is 13.3. The second kappa shape index (κ2) is 7.89. The number of benzene rings is 3. The second-order valence-electron chi connectivity index (χ2n) is 7.65. The van der Waals surface area contributed by atoms with Crippen LogP contribution >= 0.6 is 0 Å². The second-order valence-corrected chi connectivity index (χ2v) is 7.65. The third-order valence-corrected chi connectivity index (χ3v) is 5.43. The predicted octanol–water partition coefficient (Wildman–Crippen LogP) is 5.62. The fraction of sp³-hybridized carbons (Fsp3) is 0.240. The quantitative estimate of drug-likeness (QED) is 0.632. The van der Waals surface area contributed by atoms with E-state index >= 15 is 0 Å². The highest BCUT2D eigenvalue weighted by molar-refractivity contribution is 6.01. The fourth-order valence-corrected chi connectivity index (χ4v) is 3.74. The van der Waals surface area contributed by atoms with Crippen LogP contribution in [0.25, 0.3) is 0 Å². The van der Waals surface area contributed by atoms with Gasteiger partial charge >= 0.3 is 0 Å². The van der Waals surface area contributed by atoms with Gasteiger partial charge in [0.05, 0.1) is 5.56 Å². The van der Waals surface area contributed by atoms with Crippen LogP contribution in [0.3, 0.4) is 0 Å². The van der Waals surface area contributed by atoms with E-state index in [4.69, 9.17) is 0 Å². The van der Waals surface area contributed by atoms with Gasteiger partial charge in [-0.2, -0.15) is 0 Å². The van der Waals surface area contributed by atoms with Crippen molar-refractivity contribution >= 4 is 11.6 Å². The number of carbonyl (C=O) groups is 1. The van der Waals surface area contributed by atoms with Crippen molar-refractivity contribution in [3.63, 3.8) is 0 Å². The summed E-state index contributed by atoms with van der Waals surface area (Å²) < 4.78 is 0. The molecule has 4 rings (SSSR count). The number of carbonyl (C=O) groups excluding carboxylic acids is 1. The molecule has 1 atom stereocenters. The molecule has 0 spiro atoms. The molecule has 1 aliphatic rings. The zero-order valence-corrected chi connectivity index (χ0v) is 16.4. The van der Waals surface area contributed by atoms with Gasteiger partial charge in [-0.05, 0) is 41.2 Å². The summed E-state index contributed by atoms with van der Waals surface area (Å²) >= 11 is 0. The van der Waals surface area contributed by atoms with Crippen molar-refractivity contribution in [3.8, 4) is 0 Å². The van der Waals surface area contributed by atoms with Crippen LogP contribution < -0.4 is 5.32 Å². The third kappa shape index (κ3) is 3.65. The first-order valence-electron chi connectivity index (χ1n) is 9.94. The Balaban J connectivity index is 1.65. The lowest BCUT2D eigenvalue weighted by Gasteiger charge is -2.38. The number of hydrogen-bond acceptors (Lipinski definition) is 2. The summed E-state index contributed by atoms with van der Waals surface area (Å²) in [5, 5.41) is 3.58. The van der Waals surface area contributed by atoms with Crippen LogP contribution in [0, 0.1) is 0 Å². The molecule has 3 aromatic carbocycles. The maximum Gasteiger partial charge on any atom is 0.257 e. The summed E-state index contributed by atoms with van der Waals surface area (Å²) in [6, 6.07) is 26.7. The Labute approximate surface area is 167 Å². The smallest absolute Gasteiger partial charge is 0.257 e. The first-order chi connectivity index (χ1) is 13.6. The maximum atomic E-state index is 13.3. The minimum Gasteiger partial charge on any atom is -0.361 e. The largest absolute Gasteiger partial charge is 0.361 e. The fourth-order valence-electron chi connectivity index (χ4n) is 3.74. The molecule has 0 radical (unpaired) electrons. The molecule has 142 valence electrons. The van der Waals surface area contributed by atoms with E-state index < -0.39 is 0 Å². The van der Waals surface area contributed by atoms with E-state index in [1.165, 1.54) is 11.1 Å². The topological polar surface area (TPSA) is 32.3 Å². The average Bonchev–Trinajstić information content (AvgIpc) is 2.74. The minimum absolute atomic E-state index is 0.0863. The highest BCUT2D eigenvalue weighted by Crippen LogP contribution is 2.33. The Kier molecular flexibility index (Phi) is 5.16. The minimum atomic E-state index is -0.160. The summed E-state index contributed by atoms with van der Waals surface area (Å²) in [6.07, 6.45) is 0.670. The van der Waals surface area contributed by atoms with E-state index in [0.29, 0.717) is 12.5 Å². The van der Waals surface area contributed by atoms with Crippen molar-refractivity contribution in [3.05, 3.63) is 101 Å². The molecule has 1 heterocycles. The summed E-state index contributed by atoms with van der Waals surface area (Å²) in [6.45, 7) is 5.06. The lowest BCUT2D eigenvalue weighted by Crippen LogP contribution is -2.44. The van der Waals surface area contributed by atoms with Gasteiger partial charge in [0.25, 0.3) is 5.91 Å². The van der Waals surface area contributed by atoms with E-state index in [9.17, 15) is 4.79 Å². The van der Waals surface area contributed by atoms with Crippen LogP contribution in [0.2, 0.25) is 0 Å². The molecule has 0 saturated carbocycles. The lowest BCUT2D eigenvalue weighted by atomic mass is 9.98. The van der Waals surface area contributed by atoms with Crippen molar-refractivity contribution in [2.45, 2.75) is 32.4 Å². The van der Waals surface area contributed by atoms with Gasteiger partial charge in [0.1, 0.15) is 6.17 Å². The van der Waals surface area contributed by atoms with Crippen LogP contribution in [0.15, 0.2) is 78.9 Å². The van der Waals surface area contributed by atoms with Gasteiger partial charge in [0.15, 0.2) is 0 Å². The zero-order chi connectivity index (χ0) is 19.5. The van der Waals surface area contributed by atoms with Gasteiger partial charge < -0.3 is 10.2 Å². The summed E-state index contributed by atoms with van der Waals surface area (Å²) in [4.78, 5) is 15.2. The van der Waals surface area contributed by atoms with Crippen LogP contribution in [0.1, 0.15) is 53.0 Å². The Bertz CT molecular complexity index is 948. The van der Waals surface area contributed by atoms with Crippen LogP contribution in [0.4, 0.5) is 5.69 Å². The van der Waals surface area contributed by atoms with Gasteiger partial charge in [-0.3, -0.25) is 4.79 Å². The molecule has 1 amide bonds. The van der Waals surface area contributed by atoms with E-state index in [0.717, 1.165) is 23.2 Å². The molecule has 0 saturated heterocycles. The molecule has 0 fully saturated rings. The number of nitrogens with zero attached hydrogens (tertiary/aromatic N) is 1. The van der Waals surface area contributed by atoms with E-state index in [2.05, 4.69) is 55.6 Å². The number of para-hydroxylation sites is 1. The third-order valence-electron chi connectivity index (χ3n) is 5.43. The van der Waals surface area contributed by atoms with E-state index in [1.54, 1.807) is 0 Å². The molecule has 1 aliphatic heterocycles. The molecule has 1 unspecified atom stereocenters. The number of rotatable bonds is 5. The van der Waals surface area contributed by atoms with E-state index in [-0.39, 0.29) is 12.1 Å². The van der Waals surface area contributed by atoms with Gasteiger partial charge in [0, 0.05) is 12.2 Å². The standard InChI is InChI=1S/C25H26N2O/c1-18(2)20-12-14-21(15-13-20)24-26-23-11-7-6-10-22(23)25(28)27(24)17-16-19-8-4-3-5-9-19/h3-15,18,24,26H,16-17H2,1-2H3. The van der Waals surface area contributed by atoms with Crippen molar-refractivity contribution < 1.29 is 4.79 Å². The molecular weight excluding hydrogens is 344 g/mol. The molecule has 3 heteroatoms. The highest BCUT2D eigenvalue weighted by atomic mass is 16.2. The SMILES string of the molecule is CC(C)c1ccc(C2Nc3ccccc3C(=O)N2CCc2ccccc2)cc1. The number of nitrogens with one attached hydrogen (secondary N) is 1. The number of fused-ring (bicyclic) bond motifs is 1. The number of anilines is 1. The summed E-state index contributed by atoms with van der Waals surface area (Å²) in [7, 11) is 0. The van der Waals surface area contributed by atoms with Gasteiger partial charge in [-0.1, -0.05) is 80.6 Å². The Morgan fingerprint density at radius 2 is 1.57 bits per heavy atom. The summed E-state index contributed by atoms with van der Waals surface area (Å²) in [5.74, 6) is 0.577. The highest BCUT2D eigenvalue weighted by Gasteiger charge is 2.32. The molecule has 0 bridgehead atoms. The molecular formula is C25H26N2O. The molecule has 0 aromatic heterocycles. The summed E-state index contributed by atoms with van der Waals surface area (Å²) in [5.41, 5.74) is 5.30. The molecule has 1 N–H and O–H groups in total. The first kappa shape index (κ1) is 18.3. The van der Waals surface area contributed by atoms with Crippen molar-refractivity contribution in [2.24, 2.45) is 0 Å².